The summed E-state index contributed by atoms with van der Waals surface area (Å²) in [6, 6.07) is 34.7. The molecule has 48 nitrogen and oxygen atoms in total. The minimum absolute atomic E-state index is 0.235. The number of aromatic nitrogens is 12. The minimum atomic E-state index is -1.44. The van der Waals surface area contributed by atoms with E-state index in [9.17, 15) is 57.5 Å². The molecule has 0 bridgehead atoms. The summed E-state index contributed by atoms with van der Waals surface area (Å²) in [7, 11) is 5.84. The Kier molecular flexibility index (Phi) is 45.5. The summed E-state index contributed by atoms with van der Waals surface area (Å²) in [5.41, 5.74) is 6.88. The molecule has 19 N–H and O–H groups in total. The molecule has 3 unspecified atom stereocenters. The van der Waals surface area contributed by atoms with Gasteiger partial charge in [0, 0.05) is 103 Å². The molecule has 149 heavy (non-hydrogen) atoms. The van der Waals surface area contributed by atoms with Gasteiger partial charge in [-0.05, 0) is 292 Å². The van der Waals surface area contributed by atoms with E-state index in [-0.39, 0.29) is 56.9 Å². The van der Waals surface area contributed by atoms with E-state index in [1.165, 1.54) is 63.2 Å². The smallest absolute Gasteiger partial charge is 0.323 e. The molecule has 0 saturated carbocycles. The van der Waals surface area contributed by atoms with Crippen molar-refractivity contribution in [3.63, 3.8) is 0 Å². The molecular weight excluding hydrogens is 1910 g/mol. The quantitative estimate of drug-likeness (QED) is 0.00956. The van der Waals surface area contributed by atoms with Gasteiger partial charge in [-0.2, -0.15) is 60.6 Å². The second-order valence-corrected chi connectivity index (χ2v) is 34.6. The number of anilines is 12. The van der Waals surface area contributed by atoms with Crippen LogP contribution in [0.3, 0.4) is 0 Å². The maximum absolute atomic E-state index is 13.4. The predicted octanol–water partition coefficient (Wildman–Crippen LogP) is 11.5. The van der Waals surface area contributed by atoms with E-state index in [1.54, 1.807) is 103 Å². The van der Waals surface area contributed by atoms with E-state index in [0.717, 1.165) is 130 Å². The van der Waals surface area contributed by atoms with Gasteiger partial charge in [0.25, 0.3) is 35.4 Å². The molecule has 5 heterocycles. The van der Waals surface area contributed by atoms with Crippen LogP contribution >= 0.6 is 0 Å². The van der Waals surface area contributed by atoms with Crippen molar-refractivity contribution in [1.29, 1.82) is 0 Å². The molecule has 5 aromatic heterocycles. The summed E-state index contributed by atoms with van der Waals surface area (Å²) in [4.78, 5) is 204. The van der Waals surface area contributed by atoms with Crippen LogP contribution in [0.5, 0.6) is 0 Å². The number of nitrogens with one attached hydrogen (secondary N) is 19. The van der Waals surface area contributed by atoms with Gasteiger partial charge in [-0.1, -0.05) is 55.4 Å². The number of benzene rings is 7. The van der Waals surface area contributed by atoms with Gasteiger partial charge in [0.1, 0.15) is 0 Å². The van der Waals surface area contributed by atoms with Crippen LogP contribution in [0.25, 0.3) is 33.1 Å². The summed E-state index contributed by atoms with van der Waals surface area (Å²) in [6.45, 7) is 37.4. The Morgan fingerprint density at radius 2 is 0.597 bits per heavy atom. The number of ketones is 3. The van der Waals surface area contributed by atoms with Crippen molar-refractivity contribution in [1.82, 2.24) is 100 Å². The molecule has 0 aliphatic heterocycles. The SMILES string of the molecule is CCN(CC)CCCNC(=O)c1cc(NC(=O)c2ccc(N=NC(C(C)=O)C(=O)Nc3ccc4[nH]c(=O)[nH]c4c3)cc2)cc(C(=O)NCCCN(CC)CC)c1.CCN(CC)CCCNc1nc(NCCCN(CC)CC)nc(Nc2ccc(N=NC(C(C)=O)C(=O)Nc3ccc4[nH]c(=O)[nH]c4c3)cc2)n1.CNCCNc1nc(NCCN(C)C)nc(Nc2ccc(N=NC(C(C)=O)C(=O)Nc3ccc4[nH]c(=O)[nH]c4c3)cc2)n1. The number of hydrogen-bond donors (Lipinski definition) is 19. The number of azo groups is 3. The van der Waals surface area contributed by atoms with Crippen LogP contribution in [0.1, 0.15) is 133 Å². The molecule has 0 aliphatic rings. The summed E-state index contributed by atoms with van der Waals surface area (Å²) in [6.07, 6.45) is 3.43. The fourth-order valence-corrected chi connectivity index (χ4v) is 14.9. The number of nitrogens with zero attached hydrogens (tertiary/aromatic N) is 17. The molecule has 792 valence electrons. The lowest BCUT2D eigenvalue weighted by Crippen LogP contribution is -2.31. The van der Waals surface area contributed by atoms with Crippen LogP contribution in [0.15, 0.2) is 191 Å². The monoisotopic (exact) mass is 2050 g/mol. The van der Waals surface area contributed by atoms with Crippen molar-refractivity contribution in [2.45, 2.75) is 120 Å². The number of carbonyl (C=O) groups is 9. The first kappa shape index (κ1) is 114. The van der Waals surface area contributed by atoms with E-state index in [4.69, 9.17) is 0 Å². The van der Waals surface area contributed by atoms with Gasteiger partial charge in [0.15, 0.2) is 17.3 Å². The molecule has 48 heteroatoms. The van der Waals surface area contributed by atoms with Crippen LogP contribution in [-0.4, -0.2) is 307 Å². The number of aromatic amines is 6. The van der Waals surface area contributed by atoms with Gasteiger partial charge in [0.05, 0.1) is 50.2 Å². The first-order valence-corrected chi connectivity index (χ1v) is 49.7. The number of hydrogen-bond acceptors (Lipinski definition) is 36. The molecule has 0 fully saturated rings. The predicted molar refractivity (Wildman–Crippen MR) is 580 cm³/mol. The van der Waals surface area contributed by atoms with E-state index < -0.39 is 59.1 Å². The fraction of sp³-hybridized carbons (Fsp3) is 0.406. The Morgan fingerprint density at radius 1 is 0.302 bits per heavy atom. The van der Waals surface area contributed by atoms with Crippen molar-refractivity contribution in [2.24, 2.45) is 30.7 Å². The van der Waals surface area contributed by atoms with Crippen molar-refractivity contribution in [3.05, 3.63) is 194 Å². The lowest BCUT2D eigenvalue weighted by atomic mass is 10.1. The number of carbonyl (C=O) groups excluding carboxylic acids is 9. The van der Waals surface area contributed by atoms with Gasteiger partial charge < -0.3 is 124 Å². The molecule has 12 rings (SSSR count). The van der Waals surface area contributed by atoms with Crippen LogP contribution < -0.4 is 86.2 Å². The number of amides is 6. The van der Waals surface area contributed by atoms with Crippen LogP contribution in [0.2, 0.25) is 0 Å². The Balaban J connectivity index is 0.000000230. The maximum Gasteiger partial charge on any atom is 0.323 e. The second-order valence-electron chi connectivity index (χ2n) is 34.6. The van der Waals surface area contributed by atoms with Gasteiger partial charge in [-0.3, -0.25) is 43.2 Å². The molecular formula is C101H136N36O12. The van der Waals surface area contributed by atoms with Gasteiger partial charge in [0.2, 0.25) is 53.8 Å². The third-order valence-corrected chi connectivity index (χ3v) is 23.3. The standard InChI is InChI=1S/C40H52N10O6.C34H49N13O3.C27H35N13O3/c1-6-49(7-2)20-10-18-41-36(52)28-22-29(37(53)42-19-11-21-50(8-3)9-4)24-32(23-28)44-38(54)27-12-14-30(15-13-27)47-48-35(26(5)51)39(55)43-31-16-17-33-34(25-31)46-40(56)45-33;1-6-46(7-2)20-10-18-35-31-41-32(36-19-11-21-47(8-3)9-4)43-33(42-31)38-24-12-14-25(15-13-24)44-45-29(23(5)48)30(49)37-26-16-17-27-28(22-26)40-34(50)39-27;1-16(41)22(23(42)31-19-9-10-20-21(15-19)34-27(43)33-20)39-38-18-7-5-17(6-8-18)32-26-36-24(29-12-11-28-2)35-25(37-26)30-13-14-40(3)4/h12-17,22-25,35H,6-11,18-21H2,1-5H3,(H,41,52)(H,42,53)(H,43,55)(H,44,54)(H2,45,46,56);12-17,22,29H,6-11,18-21H2,1-5H3,(H,37,49)(H2,39,40,50)(H3,35,36,38,41,42,43);5-10,15,22,28H,11-14H2,1-4H3,(H,31,42)(H2,33,34,43)(H3,29,30,32,35,36,37). The highest BCUT2D eigenvalue weighted by Crippen LogP contribution is 2.28. The number of rotatable bonds is 57. The average Bonchev–Trinajstić information content (AvgIpc) is 1.73. The number of H-pyrrole nitrogens is 6. The number of fused-ring (bicyclic) bond motifs is 3. The van der Waals surface area contributed by atoms with Crippen molar-refractivity contribution >= 4 is 173 Å². The highest BCUT2D eigenvalue weighted by atomic mass is 16.2. The normalized spacial score (nSPS) is 12.0. The van der Waals surface area contributed by atoms with Crippen molar-refractivity contribution in [3.8, 4) is 0 Å². The maximum atomic E-state index is 13.4. The lowest BCUT2D eigenvalue weighted by molar-refractivity contribution is -0.127. The molecule has 3 atom stereocenters. The van der Waals surface area contributed by atoms with E-state index in [0.29, 0.717) is 135 Å². The topological polar surface area (TPSA) is 624 Å². The average molecular weight is 2050 g/mol. The molecule has 0 spiro atoms. The highest BCUT2D eigenvalue weighted by molar-refractivity contribution is 6.13. The first-order valence-electron chi connectivity index (χ1n) is 49.7. The number of Topliss-reactive ketones (excluding diaryl/α,β-unsaturated/α-hetero) is 3. The third kappa shape index (κ3) is 37.5. The summed E-state index contributed by atoms with van der Waals surface area (Å²) in [5.74, 6) is -2.14. The van der Waals surface area contributed by atoms with Crippen molar-refractivity contribution in [2.75, 3.05) is 205 Å². The zero-order chi connectivity index (χ0) is 107. The number of imidazole rings is 3. The van der Waals surface area contributed by atoms with Gasteiger partial charge in [-0.15, -0.1) is 0 Å². The lowest BCUT2D eigenvalue weighted by Gasteiger charge is -2.18. The summed E-state index contributed by atoms with van der Waals surface area (Å²) >= 11 is 0. The minimum Gasteiger partial charge on any atom is -0.354 e. The fourth-order valence-electron chi connectivity index (χ4n) is 14.9. The Labute approximate surface area is 861 Å². The molecule has 0 saturated heterocycles. The van der Waals surface area contributed by atoms with E-state index >= 15 is 0 Å². The summed E-state index contributed by atoms with van der Waals surface area (Å²) in [5, 5.41) is 63.4. The van der Waals surface area contributed by atoms with Gasteiger partial charge in [-0.25, -0.2) is 14.4 Å². The zero-order valence-electron chi connectivity index (χ0n) is 86.6. The van der Waals surface area contributed by atoms with Gasteiger partial charge >= 0.3 is 17.1 Å². The van der Waals surface area contributed by atoms with E-state index in [1.807, 2.05) is 21.1 Å². The third-order valence-electron chi connectivity index (χ3n) is 23.3. The van der Waals surface area contributed by atoms with Crippen LogP contribution in [0, 0.1) is 0 Å². The first-order chi connectivity index (χ1) is 71.8. The zero-order valence-corrected chi connectivity index (χ0v) is 86.6. The molecule has 7 aromatic carbocycles. The largest absolute Gasteiger partial charge is 0.354 e. The molecule has 6 amide bonds. The Hall–Kier alpha value is -16.4. The Morgan fingerprint density at radius 3 is 0.913 bits per heavy atom. The highest BCUT2D eigenvalue weighted by Gasteiger charge is 2.28. The molecule has 0 radical (unpaired) electrons. The second kappa shape index (κ2) is 59.2. The van der Waals surface area contributed by atoms with Crippen molar-refractivity contribution < 1.29 is 43.2 Å². The summed E-state index contributed by atoms with van der Waals surface area (Å²) < 4.78 is 0. The number of likely N-dealkylation sites (N-methyl/N-ethyl adjacent to an activating group) is 2. The van der Waals surface area contributed by atoms with E-state index in [2.05, 4.69) is 240 Å². The molecule has 12 aromatic rings. The van der Waals surface area contributed by atoms with Crippen LogP contribution in [0.4, 0.5) is 86.9 Å². The van der Waals surface area contributed by atoms with Crippen LogP contribution in [-0.2, 0) is 28.8 Å². The molecule has 0 aliphatic carbocycles. The Bertz CT molecular complexity index is 6630.